The van der Waals surface area contributed by atoms with Gasteiger partial charge in [-0.3, -0.25) is 0 Å². The summed E-state index contributed by atoms with van der Waals surface area (Å²) in [5, 5.41) is 69.8. The number of phenols is 4. The Bertz CT molecular complexity index is 1280. The Morgan fingerprint density at radius 3 is 1.62 bits per heavy atom. The van der Waals surface area contributed by atoms with E-state index < -0.39 is 78.4 Å². The average molecular weight is 589 g/mol. The molecule has 226 valence electrons. The van der Waals surface area contributed by atoms with Gasteiger partial charge >= 0.3 is 17.9 Å². The fourth-order valence-electron chi connectivity index (χ4n) is 3.99. The van der Waals surface area contributed by atoms with Crippen LogP contribution in [0.25, 0.3) is 12.2 Å². The number of hydrogen-bond donors (Lipinski definition) is 7. The molecule has 4 atom stereocenters. The van der Waals surface area contributed by atoms with Gasteiger partial charge in [-0.25, -0.2) is 14.4 Å². The molecular formula is C29H32O13. The molecule has 1 saturated carbocycles. The average Bonchev–Trinajstić information content (AvgIpc) is 2.92. The summed E-state index contributed by atoms with van der Waals surface area (Å²) in [6.45, 7) is 2.75. The number of aliphatic hydroxyl groups is 3. The minimum absolute atomic E-state index is 0.319. The van der Waals surface area contributed by atoms with E-state index in [9.17, 15) is 50.1 Å². The standard InChI is InChI=1S/C29H32O13/c1-15(30)16(2)40-28(38)29(39)13-23(41-25(35)9-5-17-3-7-19(31)21(33)11-17)27(37)24(14-29)42-26(36)10-6-18-4-8-20(32)22(34)12-18/h3-12,15-16,23-24,27,30-34,37,39H,13-14H2,1-2H3/b9-5+,10-6+/t15?,16?,23-,24-,27?,29?/m1/s1. The second-order valence-corrected chi connectivity index (χ2v) is 9.90. The number of benzene rings is 2. The molecule has 0 radical (unpaired) electrons. The molecule has 0 heterocycles. The van der Waals surface area contributed by atoms with Gasteiger partial charge in [-0.15, -0.1) is 0 Å². The van der Waals surface area contributed by atoms with Gasteiger partial charge in [0, 0.05) is 25.0 Å². The molecule has 3 rings (SSSR count). The van der Waals surface area contributed by atoms with Gasteiger partial charge in [0.1, 0.15) is 24.4 Å². The lowest BCUT2D eigenvalue weighted by molar-refractivity contribution is -0.210. The topological polar surface area (TPSA) is 221 Å². The number of carbonyl (C=O) groups is 3. The van der Waals surface area contributed by atoms with Crippen LogP contribution in [0.4, 0.5) is 0 Å². The molecule has 0 aliphatic heterocycles. The van der Waals surface area contributed by atoms with Crippen molar-refractivity contribution in [2.24, 2.45) is 0 Å². The first-order valence-corrected chi connectivity index (χ1v) is 12.8. The van der Waals surface area contributed by atoms with Gasteiger partial charge < -0.3 is 50.0 Å². The molecule has 1 aliphatic carbocycles. The Balaban J connectivity index is 1.79. The highest BCUT2D eigenvalue weighted by Gasteiger charge is 2.53. The van der Waals surface area contributed by atoms with Crippen molar-refractivity contribution in [3.8, 4) is 23.0 Å². The molecule has 42 heavy (non-hydrogen) atoms. The molecular weight excluding hydrogens is 556 g/mol. The maximum Gasteiger partial charge on any atom is 0.338 e. The zero-order valence-electron chi connectivity index (χ0n) is 22.7. The van der Waals surface area contributed by atoms with Crippen LogP contribution < -0.4 is 0 Å². The monoisotopic (exact) mass is 588 g/mol. The van der Waals surface area contributed by atoms with Crippen molar-refractivity contribution in [2.75, 3.05) is 0 Å². The summed E-state index contributed by atoms with van der Waals surface area (Å²) in [6, 6.07) is 7.54. The summed E-state index contributed by atoms with van der Waals surface area (Å²) in [5.41, 5.74) is -1.75. The van der Waals surface area contributed by atoms with Crippen LogP contribution >= 0.6 is 0 Å². The van der Waals surface area contributed by atoms with E-state index in [1.165, 1.54) is 62.4 Å². The van der Waals surface area contributed by atoms with Crippen molar-refractivity contribution >= 4 is 30.1 Å². The van der Waals surface area contributed by atoms with E-state index in [0.29, 0.717) is 11.1 Å². The number of phenolic OH excluding ortho intramolecular Hbond substituents is 4. The van der Waals surface area contributed by atoms with Gasteiger partial charge in [-0.05, 0) is 61.4 Å². The van der Waals surface area contributed by atoms with Crippen LogP contribution in [0.5, 0.6) is 23.0 Å². The molecule has 0 amide bonds. The number of esters is 3. The zero-order chi connectivity index (χ0) is 31.2. The third-order valence-corrected chi connectivity index (χ3v) is 6.55. The fourth-order valence-corrected chi connectivity index (χ4v) is 3.99. The minimum atomic E-state index is -2.39. The second-order valence-electron chi connectivity index (χ2n) is 9.90. The molecule has 0 spiro atoms. The van der Waals surface area contributed by atoms with E-state index in [-0.39, 0.29) is 11.5 Å². The van der Waals surface area contributed by atoms with Gasteiger partial charge in [0.15, 0.2) is 28.6 Å². The normalized spacial score (nSPS) is 23.8. The van der Waals surface area contributed by atoms with Gasteiger partial charge in [-0.2, -0.15) is 0 Å². The van der Waals surface area contributed by atoms with Crippen molar-refractivity contribution in [2.45, 2.75) is 62.8 Å². The lowest BCUT2D eigenvalue weighted by atomic mass is 9.79. The number of carbonyl (C=O) groups excluding carboxylic acids is 3. The number of aromatic hydroxyl groups is 4. The number of aliphatic hydroxyl groups excluding tert-OH is 2. The third-order valence-electron chi connectivity index (χ3n) is 6.55. The lowest BCUT2D eigenvalue weighted by Crippen LogP contribution is -2.59. The van der Waals surface area contributed by atoms with Crippen LogP contribution in [0, 0.1) is 0 Å². The molecule has 13 nitrogen and oxygen atoms in total. The van der Waals surface area contributed by atoms with Gasteiger partial charge in [0.05, 0.1) is 6.10 Å². The molecule has 1 fully saturated rings. The highest BCUT2D eigenvalue weighted by atomic mass is 16.6. The van der Waals surface area contributed by atoms with Crippen molar-refractivity contribution in [1.82, 2.24) is 0 Å². The first kappa shape index (κ1) is 31.9. The summed E-state index contributed by atoms with van der Waals surface area (Å²) >= 11 is 0. The van der Waals surface area contributed by atoms with Gasteiger partial charge in [-0.1, -0.05) is 12.1 Å². The second kappa shape index (κ2) is 13.4. The van der Waals surface area contributed by atoms with E-state index >= 15 is 0 Å². The van der Waals surface area contributed by atoms with E-state index in [1.807, 2.05) is 0 Å². The number of hydrogen-bond acceptors (Lipinski definition) is 13. The predicted molar refractivity (Wildman–Crippen MR) is 145 cm³/mol. The Labute approximate surface area is 240 Å². The van der Waals surface area contributed by atoms with Crippen LogP contribution in [-0.2, 0) is 28.6 Å². The van der Waals surface area contributed by atoms with E-state index in [4.69, 9.17) is 14.2 Å². The molecule has 2 aromatic carbocycles. The van der Waals surface area contributed by atoms with Crippen molar-refractivity contribution in [3.63, 3.8) is 0 Å². The number of rotatable bonds is 9. The van der Waals surface area contributed by atoms with Crippen LogP contribution in [-0.4, -0.2) is 89.8 Å². The first-order chi connectivity index (χ1) is 19.7. The Morgan fingerprint density at radius 1 is 0.810 bits per heavy atom. The summed E-state index contributed by atoms with van der Waals surface area (Å²) < 4.78 is 15.7. The molecule has 2 aromatic rings. The van der Waals surface area contributed by atoms with E-state index in [0.717, 1.165) is 12.2 Å². The van der Waals surface area contributed by atoms with E-state index in [2.05, 4.69) is 0 Å². The Morgan fingerprint density at radius 2 is 1.24 bits per heavy atom. The van der Waals surface area contributed by atoms with Gasteiger partial charge in [0.25, 0.3) is 0 Å². The fraction of sp³-hybridized carbons (Fsp3) is 0.345. The lowest BCUT2D eigenvalue weighted by Gasteiger charge is -2.41. The summed E-state index contributed by atoms with van der Waals surface area (Å²) in [7, 11) is 0. The van der Waals surface area contributed by atoms with Crippen LogP contribution in [0.3, 0.4) is 0 Å². The maximum atomic E-state index is 12.9. The van der Waals surface area contributed by atoms with E-state index in [1.54, 1.807) is 0 Å². The largest absolute Gasteiger partial charge is 0.504 e. The highest BCUT2D eigenvalue weighted by Crippen LogP contribution is 2.35. The van der Waals surface area contributed by atoms with Crippen molar-refractivity contribution < 1.29 is 64.3 Å². The SMILES string of the molecule is CC(O)C(C)OC(=O)C1(O)C[C@@H](OC(=O)/C=C/c2ccc(O)c(O)c2)C(O)[C@H](OC(=O)/C=C/c2ccc(O)c(O)c2)C1. The van der Waals surface area contributed by atoms with Crippen molar-refractivity contribution in [3.05, 3.63) is 59.7 Å². The quantitative estimate of drug-likeness (QED) is 0.0950. The minimum Gasteiger partial charge on any atom is -0.504 e. The highest BCUT2D eigenvalue weighted by molar-refractivity contribution is 5.88. The molecule has 13 heteroatoms. The molecule has 0 saturated heterocycles. The zero-order valence-corrected chi connectivity index (χ0v) is 22.7. The first-order valence-electron chi connectivity index (χ1n) is 12.8. The summed E-state index contributed by atoms with van der Waals surface area (Å²) in [5.74, 6) is -4.82. The molecule has 0 bridgehead atoms. The Hall–Kier alpha value is -4.59. The van der Waals surface area contributed by atoms with Crippen LogP contribution in [0.15, 0.2) is 48.6 Å². The Kier molecular flexibility index (Phi) is 10.2. The van der Waals surface area contributed by atoms with Crippen LogP contribution in [0.1, 0.15) is 37.8 Å². The smallest absolute Gasteiger partial charge is 0.338 e. The number of ether oxygens (including phenoxy) is 3. The van der Waals surface area contributed by atoms with Crippen LogP contribution in [0.2, 0.25) is 0 Å². The summed E-state index contributed by atoms with van der Waals surface area (Å²) in [4.78, 5) is 38.0. The molecule has 1 aliphatic rings. The summed E-state index contributed by atoms with van der Waals surface area (Å²) in [6.07, 6.45) is -3.79. The third kappa shape index (κ3) is 8.22. The molecule has 7 N–H and O–H groups in total. The van der Waals surface area contributed by atoms with Crippen molar-refractivity contribution in [1.29, 1.82) is 0 Å². The molecule has 2 unspecified atom stereocenters. The van der Waals surface area contributed by atoms with Gasteiger partial charge in [0.2, 0.25) is 0 Å². The molecule has 0 aromatic heterocycles. The predicted octanol–water partition coefficient (Wildman–Crippen LogP) is 1.26. The maximum absolute atomic E-state index is 12.9.